The molecule has 1 heterocycles. The number of benzene rings is 1. The molecule has 1 saturated heterocycles. The fourth-order valence-electron chi connectivity index (χ4n) is 2.25. The van der Waals surface area contributed by atoms with Gasteiger partial charge in [-0.1, -0.05) is 0 Å². The van der Waals surface area contributed by atoms with Gasteiger partial charge in [0.25, 0.3) is 0 Å². The van der Waals surface area contributed by atoms with E-state index in [0.29, 0.717) is 19.6 Å². The lowest BCUT2D eigenvalue weighted by molar-refractivity contribution is -0.0176. The lowest BCUT2D eigenvalue weighted by atomic mass is 9.96. The van der Waals surface area contributed by atoms with Crippen LogP contribution in [0.25, 0.3) is 0 Å². The van der Waals surface area contributed by atoms with Crippen molar-refractivity contribution in [3.05, 3.63) is 29.3 Å². The summed E-state index contributed by atoms with van der Waals surface area (Å²) in [5.74, 6) is -0.939. The van der Waals surface area contributed by atoms with Crippen LogP contribution in [-0.4, -0.2) is 41.0 Å². The van der Waals surface area contributed by atoms with Gasteiger partial charge in [0.2, 0.25) is 0 Å². The lowest BCUT2D eigenvalue weighted by Gasteiger charge is -2.27. The highest BCUT2D eigenvalue weighted by Gasteiger charge is 2.39. The van der Waals surface area contributed by atoms with Gasteiger partial charge in [0.15, 0.2) is 0 Å². The second kappa shape index (κ2) is 5.19. The maximum atomic E-state index is 10.8. The number of anilines is 1. The summed E-state index contributed by atoms with van der Waals surface area (Å²) in [4.78, 5) is 10.8. The highest BCUT2D eigenvalue weighted by atomic mass is 16.5. The molecule has 0 spiro atoms. The van der Waals surface area contributed by atoms with E-state index in [1.54, 1.807) is 18.2 Å². The molecule has 1 aromatic rings. The van der Waals surface area contributed by atoms with Crippen molar-refractivity contribution in [1.82, 2.24) is 0 Å². The van der Waals surface area contributed by atoms with Crippen LogP contribution in [0, 0.1) is 6.92 Å². The number of hydrogen-bond acceptors (Lipinski definition) is 4. The average molecular weight is 265 g/mol. The molecule has 2 rings (SSSR count). The number of aryl methyl sites for hydroxylation is 1. The summed E-state index contributed by atoms with van der Waals surface area (Å²) in [7, 11) is 0. The monoisotopic (exact) mass is 265 g/mol. The Bertz CT molecular complexity index is 488. The van der Waals surface area contributed by atoms with Crippen LogP contribution in [0.1, 0.15) is 29.3 Å². The Morgan fingerprint density at radius 1 is 1.58 bits per heavy atom. The van der Waals surface area contributed by atoms with Gasteiger partial charge in [-0.25, -0.2) is 4.79 Å². The summed E-state index contributed by atoms with van der Waals surface area (Å²) < 4.78 is 5.37. The molecule has 5 nitrogen and oxygen atoms in total. The number of aromatic carboxylic acids is 1. The van der Waals surface area contributed by atoms with Crippen LogP contribution >= 0.6 is 0 Å². The topological polar surface area (TPSA) is 78.8 Å². The van der Waals surface area contributed by atoms with Gasteiger partial charge in [0.1, 0.15) is 5.60 Å². The molecule has 1 fully saturated rings. The maximum absolute atomic E-state index is 10.8. The van der Waals surface area contributed by atoms with Gasteiger partial charge in [0, 0.05) is 25.3 Å². The quantitative estimate of drug-likeness (QED) is 0.771. The van der Waals surface area contributed by atoms with E-state index in [9.17, 15) is 9.90 Å². The average Bonchev–Trinajstić information content (AvgIpc) is 2.68. The van der Waals surface area contributed by atoms with E-state index in [1.165, 1.54) is 0 Å². The van der Waals surface area contributed by atoms with Gasteiger partial charge in [-0.2, -0.15) is 0 Å². The third-order valence-corrected chi connectivity index (χ3v) is 3.72. The zero-order chi connectivity index (χ0) is 14.0. The number of carbonyl (C=O) groups is 1. The predicted molar refractivity (Wildman–Crippen MR) is 71.6 cm³/mol. The second-order valence-electron chi connectivity index (χ2n) is 5.06. The fourth-order valence-corrected chi connectivity index (χ4v) is 2.25. The molecule has 1 aliphatic rings. The largest absolute Gasteiger partial charge is 0.478 e. The third-order valence-electron chi connectivity index (χ3n) is 3.72. The van der Waals surface area contributed by atoms with E-state index in [1.807, 2.05) is 13.8 Å². The number of ether oxygens (including phenoxy) is 1. The summed E-state index contributed by atoms with van der Waals surface area (Å²) in [5, 5.41) is 22.4. The van der Waals surface area contributed by atoms with Gasteiger partial charge >= 0.3 is 5.97 Å². The Balaban J connectivity index is 2.06. The molecule has 0 aromatic heterocycles. The zero-order valence-electron chi connectivity index (χ0n) is 11.1. The van der Waals surface area contributed by atoms with E-state index in [-0.39, 0.29) is 11.7 Å². The molecule has 104 valence electrons. The first-order valence-electron chi connectivity index (χ1n) is 6.34. The summed E-state index contributed by atoms with van der Waals surface area (Å²) in [6.07, 6.45) is 0.409. The first kappa shape index (κ1) is 13.8. The summed E-state index contributed by atoms with van der Waals surface area (Å²) >= 11 is 0. The van der Waals surface area contributed by atoms with Gasteiger partial charge < -0.3 is 20.3 Å². The van der Waals surface area contributed by atoms with E-state index in [4.69, 9.17) is 9.84 Å². The second-order valence-corrected chi connectivity index (χ2v) is 5.06. The highest BCUT2D eigenvalue weighted by Crippen LogP contribution is 2.27. The first-order chi connectivity index (χ1) is 8.92. The standard InChI is InChI=1S/C14H19NO4/c1-9-7-11(13(16)17)3-4-12(9)15-8-14(18)5-6-19-10(14)2/h3-4,7,10,15,18H,5-6,8H2,1-2H3,(H,16,17). The third kappa shape index (κ3) is 2.88. The van der Waals surface area contributed by atoms with Crippen LogP contribution in [0.15, 0.2) is 18.2 Å². The summed E-state index contributed by atoms with van der Waals surface area (Å²) in [6, 6.07) is 4.89. The zero-order valence-corrected chi connectivity index (χ0v) is 11.1. The van der Waals surface area contributed by atoms with E-state index < -0.39 is 11.6 Å². The van der Waals surface area contributed by atoms with Crippen molar-refractivity contribution in [1.29, 1.82) is 0 Å². The smallest absolute Gasteiger partial charge is 0.335 e. The predicted octanol–water partition coefficient (Wildman–Crippen LogP) is 1.65. The van der Waals surface area contributed by atoms with Crippen molar-refractivity contribution in [3.63, 3.8) is 0 Å². The molecule has 0 bridgehead atoms. The Kier molecular flexibility index (Phi) is 3.78. The minimum absolute atomic E-state index is 0.196. The van der Waals surface area contributed by atoms with Crippen LogP contribution in [0.3, 0.4) is 0 Å². The molecule has 1 aliphatic heterocycles. The summed E-state index contributed by atoms with van der Waals surface area (Å²) in [5.41, 5.74) is 1.07. The Labute approximate surface area is 112 Å². The van der Waals surface area contributed by atoms with E-state index in [0.717, 1.165) is 11.3 Å². The van der Waals surface area contributed by atoms with Gasteiger partial charge in [-0.15, -0.1) is 0 Å². The molecule has 5 heteroatoms. The molecule has 2 atom stereocenters. The first-order valence-corrected chi connectivity index (χ1v) is 6.34. The highest BCUT2D eigenvalue weighted by molar-refractivity contribution is 5.88. The van der Waals surface area contributed by atoms with Crippen molar-refractivity contribution >= 4 is 11.7 Å². The summed E-state index contributed by atoms with van der Waals surface area (Å²) in [6.45, 7) is 4.65. The normalized spacial score (nSPS) is 26.4. The number of aliphatic hydroxyl groups is 1. The van der Waals surface area contributed by atoms with Crippen LogP contribution in [0.5, 0.6) is 0 Å². The molecule has 0 radical (unpaired) electrons. The van der Waals surface area contributed by atoms with Crippen molar-refractivity contribution in [2.24, 2.45) is 0 Å². The molecule has 1 aromatic carbocycles. The Morgan fingerprint density at radius 3 is 2.84 bits per heavy atom. The fraction of sp³-hybridized carbons (Fsp3) is 0.500. The maximum Gasteiger partial charge on any atom is 0.335 e. The minimum Gasteiger partial charge on any atom is -0.478 e. The lowest BCUT2D eigenvalue weighted by Crippen LogP contribution is -2.43. The molecule has 0 saturated carbocycles. The van der Waals surface area contributed by atoms with Gasteiger partial charge in [-0.3, -0.25) is 0 Å². The molecule has 2 unspecified atom stereocenters. The van der Waals surface area contributed by atoms with Crippen LogP contribution < -0.4 is 5.32 Å². The van der Waals surface area contributed by atoms with Crippen LogP contribution in [-0.2, 0) is 4.74 Å². The molecule has 0 aliphatic carbocycles. The van der Waals surface area contributed by atoms with Gasteiger partial charge in [-0.05, 0) is 37.6 Å². The molecule has 19 heavy (non-hydrogen) atoms. The number of carboxylic acids is 1. The Hall–Kier alpha value is -1.59. The van der Waals surface area contributed by atoms with E-state index >= 15 is 0 Å². The molecular formula is C14H19NO4. The number of rotatable bonds is 4. The van der Waals surface area contributed by atoms with Crippen molar-refractivity contribution < 1.29 is 19.7 Å². The van der Waals surface area contributed by atoms with Crippen molar-refractivity contribution in [2.45, 2.75) is 32.0 Å². The number of nitrogens with one attached hydrogen (secondary N) is 1. The van der Waals surface area contributed by atoms with Crippen molar-refractivity contribution in [2.75, 3.05) is 18.5 Å². The molecule has 0 amide bonds. The van der Waals surface area contributed by atoms with Crippen LogP contribution in [0.2, 0.25) is 0 Å². The van der Waals surface area contributed by atoms with Gasteiger partial charge in [0.05, 0.1) is 11.7 Å². The minimum atomic E-state index is -0.939. The molecular weight excluding hydrogens is 246 g/mol. The molecule has 3 N–H and O–H groups in total. The Morgan fingerprint density at radius 2 is 2.32 bits per heavy atom. The SMILES string of the molecule is Cc1cc(C(=O)O)ccc1NCC1(O)CCOC1C. The van der Waals surface area contributed by atoms with Crippen molar-refractivity contribution in [3.8, 4) is 0 Å². The van der Waals surface area contributed by atoms with Crippen LogP contribution in [0.4, 0.5) is 5.69 Å². The van der Waals surface area contributed by atoms with E-state index in [2.05, 4.69) is 5.32 Å². The number of hydrogen-bond donors (Lipinski definition) is 3. The number of carboxylic acid groups (broad SMARTS) is 1.